The van der Waals surface area contributed by atoms with Crippen LogP contribution in [0.5, 0.6) is 0 Å². The molecule has 0 bridgehead atoms. The van der Waals surface area contributed by atoms with Crippen LogP contribution >= 0.6 is 0 Å². The number of aromatic nitrogens is 2. The van der Waals surface area contributed by atoms with Crippen LogP contribution in [0.15, 0.2) is 6.20 Å². The predicted molar refractivity (Wildman–Crippen MR) is 68.8 cm³/mol. The Hall–Kier alpha value is -1.85. The summed E-state index contributed by atoms with van der Waals surface area (Å²) < 4.78 is 0. The van der Waals surface area contributed by atoms with E-state index >= 15 is 0 Å². The second-order valence-corrected chi connectivity index (χ2v) is 5.14. The first-order valence-electron chi connectivity index (χ1n) is 6.53. The highest BCUT2D eigenvalue weighted by molar-refractivity contribution is 5.95. The maximum atomic E-state index is 12.3. The zero-order chi connectivity index (χ0) is 14.0. The lowest BCUT2D eigenvalue weighted by Gasteiger charge is -2.38. The van der Waals surface area contributed by atoms with E-state index in [2.05, 4.69) is 10.2 Å². The molecule has 0 saturated carbocycles. The van der Waals surface area contributed by atoms with Gasteiger partial charge in [0.15, 0.2) is 0 Å². The predicted octanol–water partition coefficient (Wildman–Crippen LogP) is 1.44. The molecule has 2 N–H and O–H groups in total. The van der Waals surface area contributed by atoms with Crippen molar-refractivity contribution in [1.29, 1.82) is 0 Å². The van der Waals surface area contributed by atoms with E-state index in [1.165, 1.54) is 6.20 Å². The maximum Gasteiger partial charge on any atom is 0.309 e. The standard InChI is InChI=1S/C13H19N3O3/c1-3-13(12(18)19)4-6-16(7-5-13)11(17)10-8-14-15-9(10)2/h8H,3-7H2,1-2H3,(H,14,15)(H,18,19). The molecule has 0 atom stereocenters. The molecule has 0 aromatic carbocycles. The molecule has 1 saturated heterocycles. The summed E-state index contributed by atoms with van der Waals surface area (Å²) in [5.74, 6) is -0.817. The average molecular weight is 265 g/mol. The number of carbonyl (C=O) groups excluding carboxylic acids is 1. The number of hydrogen-bond acceptors (Lipinski definition) is 3. The van der Waals surface area contributed by atoms with Crippen LogP contribution in [0.4, 0.5) is 0 Å². The van der Waals surface area contributed by atoms with Gasteiger partial charge in [-0.15, -0.1) is 0 Å². The summed E-state index contributed by atoms with van der Waals surface area (Å²) in [4.78, 5) is 25.3. The lowest BCUT2D eigenvalue weighted by molar-refractivity contribution is -0.152. The number of carbonyl (C=O) groups is 2. The third-order valence-electron chi connectivity index (χ3n) is 4.20. The minimum atomic E-state index is -0.749. The van der Waals surface area contributed by atoms with Crippen LogP contribution in [0.3, 0.4) is 0 Å². The zero-order valence-electron chi connectivity index (χ0n) is 11.3. The number of aliphatic carboxylic acids is 1. The van der Waals surface area contributed by atoms with Crippen LogP contribution in [0, 0.1) is 12.3 Å². The van der Waals surface area contributed by atoms with Crippen molar-refractivity contribution in [2.24, 2.45) is 5.41 Å². The second kappa shape index (κ2) is 5.03. The van der Waals surface area contributed by atoms with Gasteiger partial charge in [0.1, 0.15) is 0 Å². The number of hydrogen-bond donors (Lipinski definition) is 2. The highest BCUT2D eigenvalue weighted by Gasteiger charge is 2.41. The molecule has 0 aliphatic carbocycles. The number of aromatic amines is 1. The molecule has 1 amide bonds. The Morgan fingerprint density at radius 2 is 2.11 bits per heavy atom. The van der Waals surface area contributed by atoms with Gasteiger partial charge in [-0.3, -0.25) is 14.7 Å². The number of carboxylic acids is 1. The number of carboxylic acid groups (broad SMARTS) is 1. The lowest BCUT2D eigenvalue weighted by Crippen LogP contribution is -2.46. The van der Waals surface area contributed by atoms with Gasteiger partial charge in [-0.25, -0.2) is 0 Å². The number of H-pyrrole nitrogens is 1. The number of aryl methyl sites for hydroxylation is 1. The molecule has 19 heavy (non-hydrogen) atoms. The molecular weight excluding hydrogens is 246 g/mol. The fourth-order valence-corrected chi connectivity index (χ4v) is 2.59. The molecule has 6 nitrogen and oxygen atoms in total. The van der Waals surface area contributed by atoms with Crippen molar-refractivity contribution in [1.82, 2.24) is 15.1 Å². The monoisotopic (exact) mass is 265 g/mol. The Morgan fingerprint density at radius 3 is 2.53 bits per heavy atom. The van der Waals surface area contributed by atoms with Crippen LogP contribution in [-0.2, 0) is 4.79 Å². The molecule has 1 aliphatic heterocycles. The van der Waals surface area contributed by atoms with Gasteiger partial charge >= 0.3 is 5.97 Å². The van der Waals surface area contributed by atoms with E-state index < -0.39 is 11.4 Å². The number of amides is 1. The largest absolute Gasteiger partial charge is 0.481 e. The van der Waals surface area contributed by atoms with Gasteiger partial charge in [-0.1, -0.05) is 6.92 Å². The molecule has 1 aliphatic rings. The number of nitrogens with zero attached hydrogens (tertiary/aromatic N) is 2. The summed E-state index contributed by atoms with van der Waals surface area (Å²) in [5, 5.41) is 15.9. The maximum absolute atomic E-state index is 12.3. The van der Waals surface area contributed by atoms with E-state index in [0.717, 1.165) is 5.69 Å². The molecule has 0 radical (unpaired) electrons. The van der Waals surface area contributed by atoms with Gasteiger partial charge in [-0.05, 0) is 26.2 Å². The fraction of sp³-hybridized carbons (Fsp3) is 0.615. The number of nitrogens with one attached hydrogen (secondary N) is 1. The summed E-state index contributed by atoms with van der Waals surface area (Å²) >= 11 is 0. The van der Waals surface area contributed by atoms with E-state index in [1.807, 2.05) is 6.92 Å². The smallest absolute Gasteiger partial charge is 0.309 e. The minimum Gasteiger partial charge on any atom is -0.481 e. The SMILES string of the molecule is CCC1(C(=O)O)CCN(C(=O)c2cn[nH]c2C)CC1. The van der Waals surface area contributed by atoms with Gasteiger partial charge in [0.05, 0.1) is 17.2 Å². The molecule has 104 valence electrons. The molecule has 2 heterocycles. The average Bonchev–Trinajstić information content (AvgIpc) is 2.84. The third kappa shape index (κ3) is 2.34. The molecule has 1 fully saturated rings. The van der Waals surface area contributed by atoms with E-state index in [1.54, 1.807) is 11.8 Å². The van der Waals surface area contributed by atoms with Crippen molar-refractivity contribution in [3.8, 4) is 0 Å². The number of piperidine rings is 1. The zero-order valence-corrected chi connectivity index (χ0v) is 11.3. The van der Waals surface area contributed by atoms with Gasteiger partial charge < -0.3 is 10.0 Å². The first kappa shape index (κ1) is 13.6. The van der Waals surface area contributed by atoms with Crippen LogP contribution < -0.4 is 0 Å². The van der Waals surface area contributed by atoms with Crippen molar-refractivity contribution in [2.75, 3.05) is 13.1 Å². The Morgan fingerprint density at radius 1 is 1.47 bits per heavy atom. The van der Waals surface area contributed by atoms with Crippen LogP contribution in [-0.4, -0.2) is 45.2 Å². The van der Waals surface area contributed by atoms with Gasteiger partial charge in [0.2, 0.25) is 0 Å². The van der Waals surface area contributed by atoms with Gasteiger partial charge in [0, 0.05) is 18.8 Å². The molecule has 1 aromatic heterocycles. The Balaban J connectivity index is 2.06. The van der Waals surface area contributed by atoms with Crippen molar-refractivity contribution >= 4 is 11.9 Å². The highest BCUT2D eigenvalue weighted by atomic mass is 16.4. The first-order chi connectivity index (χ1) is 9.00. The van der Waals surface area contributed by atoms with Crippen molar-refractivity contribution in [3.63, 3.8) is 0 Å². The second-order valence-electron chi connectivity index (χ2n) is 5.14. The summed E-state index contributed by atoms with van der Waals surface area (Å²) in [5.41, 5.74) is 0.650. The van der Waals surface area contributed by atoms with Crippen LogP contribution in [0.2, 0.25) is 0 Å². The number of likely N-dealkylation sites (tertiary alicyclic amines) is 1. The minimum absolute atomic E-state index is 0.0682. The topological polar surface area (TPSA) is 86.3 Å². The summed E-state index contributed by atoms with van der Waals surface area (Å²) in [6.07, 6.45) is 3.16. The van der Waals surface area contributed by atoms with Gasteiger partial charge in [-0.2, -0.15) is 5.10 Å². The normalized spacial score (nSPS) is 18.3. The summed E-state index contributed by atoms with van der Waals surface area (Å²) in [6, 6.07) is 0. The lowest BCUT2D eigenvalue weighted by atomic mass is 9.76. The Bertz CT molecular complexity index is 487. The first-order valence-corrected chi connectivity index (χ1v) is 6.53. The molecule has 6 heteroatoms. The molecular formula is C13H19N3O3. The third-order valence-corrected chi connectivity index (χ3v) is 4.20. The summed E-state index contributed by atoms with van der Waals surface area (Å²) in [7, 11) is 0. The Labute approximate surface area is 111 Å². The van der Waals surface area contributed by atoms with E-state index in [0.29, 0.717) is 37.9 Å². The highest BCUT2D eigenvalue weighted by Crippen LogP contribution is 2.35. The van der Waals surface area contributed by atoms with Crippen molar-refractivity contribution in [3.05, 3.63) is 17.5 Å². The quantitative estimate of drug-likeness (QED) is 0.865. The van der Waals surface area contributed by atoms with Crippen molar-refractivity contribution in [2.45, 2.75) is 33.1 Å². The molecule has 0 unspecified atom stereocenters. The molecule has 2 rings (SSSR count). The number of rotatable bonds is 3. The van der Waals surface area contributed by atoms with Crippen LogP contribution in [0.1, 0.15) is 42.2 Å². The van der Waals surface area contributed by atoms with Gasteiger partial charge in [0.25, 0.3) is 5.91 Å². The van der Waals surface area contributed by atoms with E-state index in [9.17, 15) is 14.7 Å². The van der Waals surface area contributed by atoms with E-state index in [4.69, 9.17) is 0 Å². The van der Waals surface area contributed by atoms with Crippen molar-refractivity contribution < 1.29 is 14.7 Å². The fourth-order valence-electron chi connectivity index (χ4n) is 2.59. The molecule has 1 aromatic rings. The molecule has 0 spiro atoms. The van der Waals surface area contributed by atoms with E-state index in [-0.39, 0.29) is 5.91 Å². The van der Waals surface area contributed by atoms with Crippen LogP contribution in [0.25, 0.3) is 0 Å². The Kier molecular flexibility index (Phi) is 3.59. The summed E-state index contributed by atoms with van der Waals surface area (Å²) in [6.45, 7) is 4.68.